The highest BCUT2D eigenvalue weighted by atomic mass is 35.5. The minimum atomic E-state index is -3.91. The lowest BCUT2D eigenvalue weighted by atomic mass is 10.2. The van der Waals surface area contributed by atoms with E-state index < -0.39 is 28.1 Å². The number of aliphatic hydroxyl groups is 1. The molecule has 20 heavy (non-hydrogen) atoms. The van der Waals surface area contributed by atoms with Crippen LogP contribution in [0.25, 0.3) is 0 Å². The molecule has 0 bridgehead atoms. The molecule has 1 N–H and O–H groups in total. The maximum atomic E-state index is 12.5. The monoisotopic (exact) mass is 319 g/mol. The van der Waals surface area contributed by atoms with Crippen molar-refractivity contribution in [2.75, 3.05) is 13.7 Å². The second kappa shape index (κ2) is 5.69. The summed E-state index contributed by atoms with van der Waals surface area (Å²) in [5.41, 5.74) is 0. The average molecular weight is 320 g/mol. The van der Waals surface area contributed by atoms with Crippen LogP contribution in [-0.4, -0.2) is 49.6 Å². The molecular weight excluding hydrogens is 306 g/mol. The smallest absolute Gasteiger partial charge is 0.324 e. The minimum absolute atomic E-state index is 0.0203. The van der Waals surface area contributed by atoms with E-state index in [1.165, 1.54) is 25.3 Å². The van der Waals surface area contributed by atoms with Gasteiger partial charge in [0, 0.05) is 18.0 Å². The number of aliphatic hydroxyl groups excluding tert-OH is 1. The summed E-state index contributed by atoms with van der Waals surface area (Å²) >= 11 is 5.79. The molecule has 1 aromatic rings. The van der Waals surface area contributed by atoms with Crippen LogP contribution < -0.4 is 0 Å². The lowest BCUT2D eigenvalue weighted by Crippen LogP contribution is -2.41. The molecule has 2 rings (SSSR count). The van der Waals surface area contributed by atoms with Crippen molar-refractivity contribution < 1.29 is 23.1 Å². The first kappa shape index (κ1) is 15.2. The van der Waals surface area contributed by atoms with Gasteiger partial charge in [0.2, 0.25) is 10.0 Å². The predicted molar refractivity (Wildman–Crippen MR) is 71.8 cm³/mol. The van der Waals surface area contributed by atoms with Crippen LogP contribution in [0.5, 0.6) is 0 Å². The van der Waals surface area contributed by atoms with Crippen LogP contribution >= 0.6 is 11.6 Å². The summed E-state index contributed by atoms with van der Waals surface area (Å²) in [5, 5.41) is 9.92. The SMILES string of the molecule is COC(=O)C1CC(O)CN1S(=O)(=O)c1cccc(Cl)c1. The summed E-state index contributed by atoms with van der Waals surface area (Å²) < 4.78 is 30.6. The maximum absolute atomic E-state index is 12.5. The van der Waals surface area contributed by atoms with E-state index in [0.29, 0.717) is 0 Å². The van der Waals surface area contributed by atoms with Crippen LogP contribution in [0.4, 0.5) is 0 Å². The molecule has 1 aliphatic rings. The van der Waals surface area contributed by atoms with Crippen molar-refractivity contribution in [1.82, 2.24) is 4.31 Å². The number of carbonyl (C=O) groups excluding carboxylic acids is 1. The second-order valence-corrected chi connectivity index (χ2v) is 6.79. The molecule has 0 amide bonds. The number of methoxy groups -OCH3 is 1. The Hall–Kier alpha value is -1.15. The van der Waals surface area contributed by atoms with Gasteiger partial charge < -0.3 is 9.84 Å². The van der Waals surface area contributed by atoms with Gasteiger partial charge in [0.05, 0.1) is 18.1 Å². The third kappa shape index (κ3) is 2.80. The summed E-state index contributed by atoms with van der Waals surface area (Å²) in [6.45, 7) is -0.144. The summed E-state index contributed by atoms with van der Waals surface area (Å²) in [7, 11) is -2.73. The molecule has 2 unspecified atom stereocenters. The number of carbonyl (C=O) groups is 1. The Balaban J connectivity index is 2.40. The van der Waals surface area contributed by atoms with Gasteiger partial charge in [-0.1, -0.05) is 17.7 Å². The molecule has 110 valence electrons. The number of ether oxygens (including phenoxy) is 1. The molecule has 1 heterocycles. The van der Waals surface area contributed by atoms with Crippen molar-refractivity contribution in [1.29, 1.82) is 0 Å². The standard InChI is InChI=1S/C12H14ClNO5S/c1-19-12(16)11-6-9(15)7-14(11)20(17,18)10-4-2-3-8(13)5-10/h2-5,9,11,15H,6-7H2,1H3. The molecule has 1 aromatic carbocycles. The number of hydrogen-bond acceptors (Lipinski definition) is 5. The van der Waals surface area contributed by atoms with E-state index in [1.54, 1.807) is 6.07 Å². The third-order valence-corrected chi connectivity index (χ3v) is 5.22. The van der Waals surface area contributed by atoms with Crippen molar-refractivity contribution in [3.63, 3.8) is 0 Å². The van der Waals surface area contributed by atoms with Gasteiger partial charge in [-0.3, -0.25) is 4.79 Å². The molecule has 2 atom stereocenters. The fourth-order valence-electron chi connectivity index (χ4n) is 2.16. The zero-order chi connectivity index (χ0) is 14.9. The maximum Gasteiger partial charge on any atom is 0.324 e. The molecule has 0 radical (unpaired) electrons. The molecule has 8 heteroatoms. The van der Waals surface area contributed by atoms with Gasteiger partial charge in [0.15, 0.2) is 0 Å². The van der Waals surface area contributed by atoms with Gasteiger partial charge in [0.1, 0.15) is 6.04 Å². The molecule has 0 saturated carbocycles. The van der Waals surface area contributed by atoms with E-state index in [2.05, 4.69) is 4.74 Å². The molecule has 0 aliphatic carbocycles. The lowest BCUT2D eigenvalue weighted by molar-refractivity contribution is -0.144. The lowest BCUT2D eigenvalue weighted by Gasteiger charge is -2.21. The predicted octanol–water partition coefficient (Wildman–Crippen LogP) is 0.637. The molecule has 1 aliphatic heterocycles. The fraction of sp³-hybridized carbons (Fsp3) is 0.417. The van der Waals surface area contributed by atoms with Crippen LogP contribution in [0, 0.1) is 0 Å². The number of sulfonamides is 1. The zero-order valence-corrected chi connectivity index (χ0v) is 12.3. The van der Waals surface area contributed by atoms with Gasteiger partial charge >= 0.3 is 5.97 Å². The number of benzene rings is 1. The van der Waals surface area contributed by atoms with Crippen molar-refractivity contribution in [2.24, 2.45) is 0 Å². The van der Waals surface area contributed by atoms with E-state index in [-0.39, 0.29) is 22.9 Å². The Morgan fingerprint density at radius 1 is 1.50 bits per heavy atom. The highest BCUT2D eigenvalue weighted by Gasteiger charge is 2.44. The van der Waals surface area contributed by atoms with E-state index >= 15 is 0 Å². The highest BCUT2D eigenvalue weighted by Crippen LogP contribution is 2.28. The van der Waals surface area contributed by atoms with Crippen LogP contribution in [0.15, 0.2) is 29.2 Å². The largest absolute Gasteiger partial charge is 0.468 e. The topological polar surface area (TPSA) is 83.9 Å². The van der Waals surface area contributed by atoms with Crippen LogP contribution in [0.1, 0.15) is 6.42 Å². The number of nitrogens with zero attached hydrogens (tertiary/aromatic N) is 1. The number of hydrogen-bond donors (Lipinski definition) is 1. The fourth-order valence-corrected chi connectivity index (χ4v) is 4.09. The number of rotatable bonds is 3. The molecule has 0 aromatic heterocycles. The summed E-state index contributed by atoms with van der Waals surface area (Å²) in [6.07, 6.45) is -0.875. The van der Waals surface area contributed by atoms with E-state index in [4.69, 9.17) is 11.6 Å². The summed E-state index contributed by atoms with van der Waals surface area (Å²) in [6, 6.07) is 4.74. The molecule has 0 spiro atoms. The van der Waals surface area contributed by atoms with E-state index in [0.717, 1.165) is 4.31 Å². The highest BCUT2D eigenvalue weighted by molar-refractivity contribution is 7.89. The number of β-amino-alcohol motifs (C(OH)–C–C–N with tert-alkyl or cyclic N) is 1. The second-order valence-electron chi connectivity index (χ2n) is 4.46. The van der Waals surface area contributed by atoms with Crippen LogP contribution in [0.2, 0.25) is 5.02 Å². The zero-order valence-electron chi connectivity index (χ0n) is 10.7. The molecule has 6 nitrogen and oxygen atoms in total. The van der Waals surface area contributed by atoms with Crippen LogP contribution in [-0.2, 0) is 19.6 Å². The number of halogens is 1. The van der Waals surface area contributed by atoms with Crippen molar-refractivity contribution in [3.8, 4) is 0 Å². The van der Waals surface area contributed by atoms with Crippen LogP contribution in [0.3, 0.4) is 0 Å². The quantitative estimate of drug-likeness (QED) is 0.826. The third-order valence-electron chi connectivity index (χ3n) is 3.11. The Morgan fingerprint density at radius 3 is 2.80 bits per heavy atom. The van der Waals surface area contributed by atoms with Crippen molar-refractivity contribution >= 4 is 27.6 Å². The summed E-state index contributed by atoms with van der Waals surface area (Å²) in [4.78, 5) is 11.6. The molecule has 1 saturated heterocycles. The van der Waals surface area contributed by atoms with Gasteiger partial charge in [0.25, 0.3) is 0 Å². The molecular formula is C12H14ClNO5S. The Labute approximate surface area is 122 Å². The number of esters is 1. The van der Waals surface area contributed by atoms with E-state index in [9.17, 15) is 18.3 Å². The Morgan fingerprint density at radius 2 is 2.20 bits per heavy atom. The first-order chi connectivity index (χ1) is 9.36. The Kier molecular flexibility index (Phi) is 4.33. The van der Waals surface area contributed by atoms with E-state index in [1.807, 2.05) is 0 Å². The van der Waals surface area contributed by atoms with Gasteiger partial charge in [-0.15, -0.1) is 0 Å². The first-order valence-corrected chi connectivity index (χ1v) is 7.71. The normalized spacial score (nSPS) is 23.8. The first-order valence-electron chi connectivity index (χ1n) is 5.89. The van der Waals surface area contributed by atoms with Crippen molar-refractivity contribution in [3.05, 3.63) is 29.3 Å². The van der Waals surface area contributed by atoms with Gasteiger partial charge in [-0.2, -0.15) is 4.31 Å². The molecule has 1 fully saturated rings. The van der Waals surface area contributed by atoms with Gasteiger partial charge in [-0.25, -0.2) is 8.42 Å². The summed E-state index contributed by atoms with van der Waals surface area (Å²) in [5.74, 6) is -0.688. The minimum Gasteiger partial charge on any atom is -0.468 e. The van der Waals surface area contributed by atoms with Gasteiger partial charge in [-0.05, 0) is 18.2 Å². The average Bonchev–Trinajstić information content (AvgIpc) is 2.80. The Bertz CT molecular complexity index is 618. The van der Waals surface area contributed by atoms with Crippen molar-refractivity contribution in [2.45, 2.75) is 23.5 Å².